The van der Waals surface area contributed by atoms with Crippen LogP contribution >= 0.6 is 0 Å². The molecular formula is C15H17N3O5S. The summed E-state index contributed by atoms with van der Waals surface area (Å²) in [6, 6.07) is 5.73. The fourth-order valence-corrected chi connectivity index (χ4v) is 4.25. The van der Waals surface area contributed by atoms with Gasteiger partial charge in [-0.05, 0) is 24.3 Å². The van der Waals surface area contributed by atoms with Gasteiger partial charge in [0, 0.05) is 39.0 Å². The lowest BCUT2D eigenvalue weighted by molar-refractivity contribution is -0.121. The summed E-state index contributed by atoms with van der Waals surface area (Å²) in [6.07, 6.45) is 1.07. The number of piperazine rings is 1. The third kappa shape index (κ3) is 2.92. The van der Waals surface area contributed by atoms with E-state index in [-0.39, 0.29) is 42.6 Å². The van der Waals surface area contributed by atoms with Crippen LogP contribution in [0.1, 0.15) is 12.8 Å². The molecule has 2 aliphatic rings. The van der Waals surface area contributed by atoms with Crippen molar-refractivity contribution in [2.75, 3.05) is 31.1 Å². The SMILES string of the molecule is O=CN1CCN(S(=O)(=O)c2ccc(N3C(=O)CCC3=O)cc2)CC1. The summed E-state index contributed by atoms with van der Waals surface area (Å²) in [6.45, 7) is 1.20. The lowest BCUT2D eigenvalue weighted by atomic mass is 10.3. The lowest BCUT2D eigenvalue weighted by Crippen LogP contribution is -2.47. The van der Waals surface area contributed by atoms with E-state index in [1.165, 1.54) is 33.5 Å². The van der Waals surface area contributed by atoms with E-state index in [1.807, 2.05) is 0 Å². The quantitative estimate of drug-likeness (QED) is 0.553. The fraction of sp³-hybridized carbons (Fsp3) is 0.400. The van der Waals surface area contributed by atoms with E-state index < -0.39 is 10.0 Å². The molecule has 128 valence electrons. The zero-order valence-electron chi connectivity index (χ0n) is 12.9. The molecule has 0 unspecified atom stereocenters. The maximum absolute atomic E-state index is 12.6. The van der Waals surface area contributed by atoms with Gasteiger partial charge in [-0.1, -0.05) is 0 Å². The molecule has 0 atom stereocenters. The molecular weight excluding hydrogens is 334 g/mol. The number of imide groups is 1. The van der Waals surface area contributed by atoms with Crippen LogP contribution in [0.2, 0.25) is 0 Å². The Morgan fingerprint density at radius 2 is 1.42 bits per heavy atom. The summed E-state index contributed by atoms with van der Waals surface area (Å²) in [5, 5.41) is 0. The van der Waals surface area contributed by atoms with Crippen molar-refractivity contribution in [2.24, 2.45) is 0 Å². The molecule has 1 aromatic rings. The summed E-state index contributed by atoms with van der Waals surface area (Å²) in [5.74, 6) is -0.554. The number of rotatable bonds is 4. The van der Waals surface area contributed by atoms with E-state index in [0.29, 0.717) is 25.2 Å². The lowest BCUT2D eigenvalue weighted by Gasteiger charge is -2.31. The molecule has 0 radical (unpaired) electrons. The Labute approximate surface area is 139 Å². The van der Waals surface area contributed by atoms with Gasteiger partial charge in [0.15, 0.2) is 0 Å². The fourth-order valence-electron chi connectivity index (χ4n) is 2.83. The van der Waals surface area contributed by atoms with Crippen LogP contribution in [0.5, 0.6) is 0 Å². The molecule has 9 heteroatoms. The van der Waals surface area contributed by atoms with Crippen molar-refractivity contribution in [1.29, 1.82) is 0 Å². The number of carbonyl (C=O) groups excluding carboxylic acids is 3. The number of hydrogen-bond donors (Lipinski definition) is 0. The third-order valence-electron chi connectivity index (χ3n) is 4.21. The first-order valence-corrected chi connectivity index (χ1v) is 9.03. The molecule has 2 fully saturated rings. The van der Waals surface area contributed by atoms with Crippen LogP contribution in [0.25, 0.3) is 0 Å². The molecule has 2 heterocycles. The third-order valence-corrected chi connectivity index (χ3v) is 6.12. The van der Waals surface area contributed by atoms with Crippen molar-refractivity contribution in [2.45, 2.75) is 17.7 Å². The Morgan fingerprint density at radius 1 is 0.875 bits per heavy atom. The average molecular weight is 351 g/mol. The Kier molecular flexibility index (Phi) is 4.37. The highest BCUT2D eigenvalue weighted by Gasteiger charge is 2.31. The molecule has 3 amide bonds. The minimum absolute atomic E-state index is 0.102. The van der Waals surface area contributed by atoms with Crippen molar-refractivity contribution in [3.8, 4) is 0 Å². The number of sulfonamides is 1. The zero-order chi connectivity index (χ0) is 17.3. The van der Waals surface area contributed by atoms with Crippen LogP contribution in [0.3, 0.4) is 0 Å². The van der Waals surface area contributed by atoms with Crippen molar-refractivity contribution >= 4 is 33.9 Å². The summed E-state index contributed by atoms with van der Waals surface area (Å²) < 4.78 is 26.6. The second-order valence-electron chi connectivity index (χ2n) is 5.66. The highest BCUT2D eigenvalue weighted by Crippen LogP contribution is 2.25. The zero-order valence-corrected chi connectivity index (χ0v) is 13.7. The van der Waals surface area contributed by atoms with Gasteiger partial charge in [0.1, 0.15) is 0 Å². The van der Waals surface area contributed by atoms with Gasteiger partial charge in [0.05, 0.1) is 10.6 Å². The van der Waals surface area contributed by atoms with E-state index >= 15 is 0 Å². The molecule has 0 N–H and O–H groups in total. The molecule has 3 rings (SSSR count). The smallest absolute Gasteiger partial charge is 0.243 e. The molecule has 2 saturated heterocycles. The van der Waals surface area contributed by atoms with Crippen LogP contribution < -0.4 is 4.90 Å². The van der Waals surface area contributed by atoms with Gasteiger partial charge >= 0.3 is 0 Å². The highest BCUT2D eigenvalue weighted by molar-refractivity contribution is 7.89. The summed E-state index contributed by atoms with van der Waals surface area (Å²) in [5.41, 5.74) is 0.382. The Morgan fingerprint density at radius 3 is 1.92 bits per heavy atom. The first kappa shape index (κ1) is 16.6. The van der Waals surface area contributed by atoms with E-state index in [1.54, 1.807) is 0 Å². The number of amides is 3. The van der Waals surface area contributed by atoms with Crippen molar-refractivity contribution in [1.82, 2.24) is 9.21 Å². The topological polar surface area (TPSA) is 95.1 Å². The molecule has 1 aromatic carbocycles. The largest absolute Gasteiger partial charge is 0.343 e. The van der Waals surface area contributed by atoms with Crippen LogP contribution in [0, 0.1) is 0 Å². The van der Waals surface area contributed by atoms with Gasteiger partial charge in [-0.15, -0.1) is 0 Å². The van der Waals surface area contributed by atoms with Crippen LogP contribution in [0.15, 0.2) is 29.2 Å². The molecule has 0 spiro atoms. The van der Waals surface area contributed by atoms with Gasteiger partial charge in [0.2, 0.25) is 28.2 Å². The van der Waals surface area contributed by atoms with E-state index in [4.69, 9.17) is 0 Å². The number of anilines is 1. The maximum atomic E-state index is 12.6. The minimum Gasteiger partial charge on any atom is -0.343 e. The Balaban J connectivity index is 1.79. The molecule has 8 nitrogen and oxygen atoms in total. The standard InChI is InChI=1S/C15H17N3O5S/c19-11-16-7-9-17(10-8-16)24(22,23)13-3-1-12(2-4-13)18-14(20)5-6-15(18)21/h1-4,11H,5-10H2. The normalized spacial score (nSPS) is 19.8. The molecule has 0 bridgehead atoms. The van der Waals surface area contributed by atoms with Gasteiger partial charge in [-0.25, -0.2) is 8.42 Å². The van der Waals surface area contributed by atoms with Gasteiger partial charge < -0.3 is 4.90 Å². The predicted octanol–water partition coefficient (Wildman–Crippen LogP) is -0.197. The highest BCUT2D eigenvalue weighted by atomic mass is 32.2. The van der Waals surface area contributed by atoms with E-state index in [0.717, 1.165) is 4.90 Å². The predicted molar refractivity (Wildman–Crippen MR) is 84.6 cm³/mol. The summed E-state index contributed by atoms with van der Waals surface area (Å²) in [7, 11) is -3.66. The van der Waals surface area contributed by atoms with Gasteiger partial charge in [-0.3, -0.25) is 19.3 Å². The number of benzene rings is 1. The van der Waals surface area contributed by atoms with Crippen molar-refractivity contribution in [3.05, 3.63) is 24.3 Å². The summed E-state index contributed by atoms with van der Waals surface area (Å²) in [4.78, 5) is 36.9. The molecule has 0 saturated carbocycles. The second-order valence-corrected chi connectivity index (χ2v) is 7.60. The molecule has 2 aliphatic heterocycles. The van der Waals surface area contributed by atoms with Crippen LogP contribution in [0.4, 0.5) is 5.69 Å². The van der Waals surface area contributed by atoms with Crippen molar-refractivity contribution < 1.29 is 22.8 Å². The van der Waals surface area contributed by atoms with Gasteiger partial charge in [0.25, 0.3) is 0 Å². The maximum Gasteiger partial charge on any atom is 0.243 e. The molecule has 0 aliphatic carbocycles. The number of nitrogens with zero attached hydrogens (tertiary/aromatic N) is 3. The van der Waals surface area contributed by atoms with Crippen molar-refractivity contribution in [3.63, 3.8) is 0 Å². The average Bonchev–Trinajstić information content (AvgIpc) is 2.93. The van der Waals surface area contributed by atoms with Gasteiger partial charge in [-0.2, -0.15) is 4.31 Å². The van der Waals surface area contributed by atoms with Crippen LogP contribution in [-0.4, -0.2) is 62.0 Å². The minimum atomic E-state index is -3.66. The summed E-state index contributed by atoms with van der Waals surface area (Å²) >= 11 is 0. The Bertz CT molecular complexity index is 751. The first-order valence-electron chi connectivity index (χ1n) is 7.59. The van der Waals surface area contributed by atoms with E-state index in [9.17, 15) is 22.8 Å². The second kappa shape index (κ2) is 6.33. The van der Waals surface area contributed by atoms with Crippen LogP contribution in [-0.2, 0) is 24.4 Å². The molecule has 24 heavy (non-hydrogen) atoms. The molecule has 0 aromatic heterocycles. The first-order chi connectivity index (χ1) is 11.4. The monoisotopic (exact) mass is 351 g/mol. The van der Waals surface area contributed by atoms with E-state index in [2.05, 4.69) is 0 Å². The number of carbonyl (C=O) groups is 3. The Hall–Kier alpha value is -2.26. The number of hydrogen-bond acceptors (Lipinski definition) is 5.